The molecule has 7 heteroatoms. The molecule has 0 radical (unpaired) electrons. The number of benzene rings is 1. The predicted octanol–water partition coefficient (Wildman–Crippen LogP) is 3.31. The maximum absolute atomic E-state index is 11.4. The van der Waals surface area contributed by atoms with E-state index in [2.05, 4.69) is 46.1 Å². The number of nitrogens with zero attached hydrogens (tertiary/aromatic N) is 2. The largest absolute Gasteiger partial charge is 0.357 e. The van der Waals surface area contributed by atoms with Crippen LogP contribution in [0.1, 0.15) is 32.8 Å². The second-order valence-corrected chi connectivity index (χ2v) is 10.3. The summed E-state index contributed by atoms with van der Waals surface area (Å²) in [5.41, 5.74) is 1.02. The maximum Gasteiger partial charge on any atom is 0.193 e. The lowest BCUT2D eigenvalue weighted by atomic mass is 9.90. The molecule has 0 aliphatic rings. The van der Waals surface area contributed by atoms with Crippen LogP contribution >= 0.6 is 15.9 Å². The van der Waals surface area contributed by atoms with Gasteiger partial charge in [-0.15, -0.1) is 0 Å². The lowest BCUT2D eigenvalue weighted by molar-refractivity contribution is 0.361. The molecule has 0 aliphatic heterocycles. The lowest BCUT2D eigenvalue weighted by Gasteiger charge is -2.26. The molecule has 142 valence electrons. The van der Waals surface area contributed by atoms with Crippen LogP contribution < -0.4 is 5.32 Å². The van der Waals surface area contributed by atoms with Crippen LogP contribution in [-0.2, 0) is 16.4 Å². The smallest absolute Gasteiger partial charge is 0.193 e. The number of guanidine groups is 1. The molecule has 1 aromatic rings. The Morgan fingerprint density at radius 2 is 1.96 bits per heavy atom. The monoisotopic (exact) mass is 431 g/mol. The zero-order valence-electron chi connectivity index (χ0n) is 15.8. The zero-order chi connectivity index (χ0) is 19.1. The molecule has 1 N–H and O–H groups in total. The summed E-state index contributed by atoms with van der Waals surface area (Å²) in [6.45, 7) is 8.24. The van der Waals surface area contributed by atoms with Gasteiger partial charge in [-0.25, -0.2) is 8.42 Å². The minimum Gasteiger partial charge on any atom is -0.357 e. The van der Waals surface area contributed by atoms with Gasteiger partial charge in [0.15, 0.2) is 5.96 Å². The van der Waals surface area contributed by atoms with Crippen LogP contribution in [0.15, 0.2) is 33.7 Å². The van der Waals surface area contributed by atoms with E-state index in [0.717, 1.165) is 23.5 Å². The van der Waals surface area contributed by atoms with E-state index in [1.165, 1.54) is 11.8 Å². The van der Waals surface area contributed by atoms with Gasteiger partial charge in [0.1, 0.15) is 9.84 Å². The van der Waals surface area contributed by atoms with Crippen LogP contribution in [0.25, 0.3) is 0 Å². The van der Waals surface area contributed by atoms with E-state index in [0.29, 0.717) is 13.0 Å². The molecular formula is C18H30BrN3O2S. The average molecular weight is 432 g/mol. The zero-order valence-corrected chi connectivity index (χ0v) is 18.2. The minimum absolute atomic E-state index is 0.169. The fraction of sp³-hybridized carbons (Fsp3) is 0.611. The molecule has 0 amide bonds. The standard InChI is InChI=1S/C18H30BrN3O2S/c1-6-20-17(21-14-18(2,3)11-12-25(5,23)24)22(4)13-15-9-7-8-10-16(15)19/h7-10H,6,11-14H2,1-5H3,(H,20,21). The molecule has 25 heavy (non-hydrogen) atoms. The fourth-order valence-electron chi connectivity index (χ4n) is 2.26. The second-order valence-electron chi connectivity index (χ2n) is 7.16. The fourth-order valence-corrected chi connectivity index (χ4v) is 3.59. The Morgan fingerprint density at radius 3 is 2.52 bits per heavy atom. The first-order valence-corrected chi connectivity index (χ1v) is 11.3. The van der Waals surface area contributed by atoms with Gasteiger partial charge in [-0.3, -0.25) is 4.99 Å². The van der Waals surface area contributed by atoms with Crippen molar-refractivity contribution in [1.29, 1.82) is 0 Å². The topological polar surface area (TPSA) is 61.8 Å². The molecule has 0 atom stereocenters. The van der Waals surface area contributed by atoms with Crippen molar-refractivity contribution >= 4 is 31.7 Å². The highest BCUT2D eigenvalue weighted by Gasteiger charge is 2.20. The molecule has 0 aliphatic carbocycles. The van der Waals surface area contributed by atoms with E-state index in [4.69, 9.17) is 4.99 Å². The Morgan fingerprint density at radius 1 is 1.32 bits per heavy atom. The number of sulfone groups is 1. The van der Waals surface area contributed by atoms with Crippen molar-refractivity contribution in [3.8, 4) is 0 Å². The molecule has 0 aromatic heterocycles. The minimum atomic E-state index is -2.95. The van der Waals surface area contributed by atoms with Crippen LogP contribution in [0.5, 0.6) is 0 Å². The molecular weight excluding hydrogens is 402 g/mol. The maximum atomic E-state index is 11.4. The van der Waals surface area contributed by atoms with Gasteiger partial charge in [0.05, 0.1) is 5.75 Å². The van der Waals surface area contributed by atoms with Gasteiger partial charge < -0.3 is 10.2 Å². The predicted molar refractivity (Wildman–Crippen MR) is 110 cm³/mol. The normalized spacial score (nSPS) is 13.0. The number of hydrogen-bond donors (Lipinski definition) is 1. The van der Waals surface area contributed by atoms with Gasteiger partial charge in [-0.2, -0.15) is 0 Å². The molecule has 0 saturated carbocycles. The summed E-state index contributed by atoms with van der Waals surface area (Å²) in [6.07, 6.45) is 1.88. The molecule has 1 rings (SSSR count). The molecule has 0 saturated heterocycles. The summed E-state index contributed by atoms with van der Waals surface area (Å²) >= 11 is 3.58. The van der Waals surface area contributed by atoms with E-state index in [1.807, 2.05) is 32.2 Å². The van der Waals surface area contributed by atoms with Gasteiger partial charge in [-0.1, -0.05) is 48.0 Å². The Hall–Kier alpha value is -1.08. The first-order valence-electron chi connectivity index (χ1n) is 8.44. The second kappa shape index (κ2) is 9.57. The van der Waals surface area contributed by atoms with Gasteiger partial charge in [-0.05, 0) is 30.4 Å². The van der Waals surface area contributed by atoms with Crippen molar-refractivity contribution in [2.45, 2.75) is 33.7 Å². The third-order valence-corrected chi connectivity index (χ3v) is 5.59. The Balaban J connectivity index is 2.80. The quantitative estimate of drug-likeness (QED) is 0.506. The van der Waals surface area contributed by atoms with Crippen LogP contribution in [-0.4, -0.2) is 51.4 Å². The van der Waals surface area contributed by atoms with Crippen molar-refractivity contribution in [2.75, 3.05) is 32.1 Å². The molecule has 0 spiro atoms. The Kier molecular flexibility index (Phi) is 8.41. The first kappa shape index (κ1) is 22.0. The van der Waals surface area contributed by atoms with Crippen molar-refractivity contribution in [3.63, 3.8) is 0 Å². The highest BCUT2D eigenvalue weighted by molar-refractivity contribution is 9.10. The Labute approximate surface area is 161 Å². The number of nitrogens with one attached hydrogen (secondary N) is 1. The van der Waals surface area contributed by atoms with Gasteiger partial charge in [0.2, 0.25) is 0 Å². The van der Waals surface area contributed by atoms with E-state index in [9.17, 15) is 8.42 Å². The van der Waals surface area contributed by atoms with E-state index < -0.39 is 9.84 Å². The van der Waals surface area contributed by atoms with E-state index >= 15 is 0 Å². The van der Waals surface area contributed by atoms with E-state index in [-0.39, 0.29) is 11.2 Å². The number of rotatable bonds is 8. The van der Waals surface area contributed by atoms with Crippen molar-refractivity contribution in [3.05, 3.63) is 34.3 Å². The number of hydrogen-bond acceptors (Lipinski definition) is 3. The first-order chi connectivity index (χ1) is 11.5. The molecule has 1 aromatic carbocycles. The highest BCUT2D eigenvalue weighted by atomic mass is 79.9. The van der Waals surface area contributed by atoms with Crippen molar-refractivity contribution < 1.29 is 8.42 Å². The van der Waals surface area contributed by atoms with Crippen LogP contribution in [0, 0.1) is 5.41 Å². The van der Waals surface area contributed by atoms with Crippen LogP contribution in [0.3, 0.4) is 0 Å². The van der Waals surface area contributed by atoms with Gasteiger partial charge >= 0.3 is 0 Å². The SMILES string of the molecule is CCNC(=NCC(C)(C)CCS(C)(=O)=O)N(C)Cc1ccccc1Br. The molecule has 0 fully saturated rings. The van der Waals surface area contributed by atoms with Crippen LogP contribution in [0.4, 0.5) is 0 Å². The lowest BCUT2D eigenvalue weighted by Crippen LogP contribution is -2.39. The van der Waals surface area contributed by atoms with Crippen LogP contribution in [0.2, 0.25) is 0 Å². The highest BCUT2D eigenvalue weighted by Crippen LogP contribution is 2.22. The summed E-state index contributed by atoms with van der Waals surface area (Å²) in [7, 11) is -0.943. The Bertz CT molecular complexity index is 687. The third-order valence-electron chi connectivity index (χ3n) is 3.87. The molecule has 5 nitrogen and oxygen atoms in total. The molecule has 0 bridgehead atoms. The number of halogens is 1. The molecule has 0 heterocycles. The van der Waals surface area contributed by atoms with Gasteiger partial charge in [0, 0.05) is 37.4 Å². The summed E-state index contributed by atoms with van der Waals surface area (Å²) in [5.74, 6) is 1.02. The molecule has 0 unspecified atom stereocenters. The van der Waals surface area contributed by atoms with Gasteiger partial charge in [0.25, 0.3) is 0 Å². The summed E-state index contributed by atoms with van der Waals surface area (Å²) in [6, 6.07) is 8.13. The van der Waals surface area contributed by atoms with Crippen molar-refractivity contribution in [1.82, 2.24) is 10.2 Å². The summed E-state index contributed by atoms with van der Waals surface area (Å²) < 4.78 is 23.9. The average Bonchev–Trinajstić information content (AvgIpc) is 2.51. The summed E-state index contributed by atoms with van der Waals surface area (Å²) in [4.78, 5) is 6.81. The van der Waals surface area contributed by atoms with Crippen molar-refractivity contribution in [2.24, 2.45) is 10.4 Å². The third kappa shape index (κ3) is 8.72. The summed E-state index contributed by atoms with van der Waals surface area (Å²) in [5, 5.41) is 3.31. The number of aliphatic imine (C=N–C) groups is 1. The van der Waals surface area contributed by atoms with E-state index in [1.54, 1.807) is 0 Å².